The average molecular weight is 281 g/mol. The standard InChI is InChI=1S/C14H11N5O2/c20-19(21)11-5-6-14(16-9-11)18-17-8-10-7-15-13-4-2-1-3-12(10)13/h1-9,15H,(H,16,18)/b17-8+. The zero-order valence-corrected chi connectivity index (χ0v) is 10.9. The Kier molecular flexibility index (Phi) is 3.30. The third-order valence-electron chi connectivity index (χ3n) is 2.96. The van der Waals surface area contributed by atoms with Crippen molar-refractivity contribution in [3.05, 3.63) is 64.5 Å². The molecule has 0 unspecified atom stereocenters. The molecule has 0 aliphatic rings. The second kappa shape index (κ2) is 5.41. The fraction of sp³-hybridized carbons (Fsp3) is 0. The van der Waals surface area contributed by atoms with Gasteiger partial charge in [0.2, 0.25) is 0 Å². The lowest BCUT2D eigenvalue weighted by Gasteiger charge is -1.97. The molecule has 0 spiro atoms. The fourth-order valence-electron chi connectivity index (χ4n) is 1.93. The lowest BCUT2D eigenvalue weighted by Crippen LogP contribution is -1.94. The molecule has 2 N–H and O–H groups in total. The summed E-state index contributed by atoms with van der Waals surface area (Å²) in [5.41, 5.74) is 4.66. The first-order valence-electron chi connectivity index (χ1n) is 6.20. The van der Waals surface area contributed by atoms with Crippen molar-refractivity contribution < 1.29 is 4.92 Å². The number of para-hydroxylation sites is 1. The van der Waals surface area contributed by atoms with E-state index in [0.29, 0.717) is 5.82 Å². The van der Waals surface area contributed by atoms with E-state index in [-0.39, 0.29) is 5.69 Å². The molecule has 3 rings (SSSR count). The molecule has 0 fully saturated rings. The summed E-state index contributed by atoms with van der Waals surface area (Å²) in [6.45, 7) is 0. The van der Waals surface area contributed by atoms with Crippen molar-refractivity contribution in [2.24, 2.45) is 5.10 Å². The Bertz CT molecular complexity index is 808. The first-order chi connectivity index (χ1) is 10.2. The minimum atomic E-state index is -0.494. The van der Waals surface area contributed by atoms with Crippen LogP contribution in [-0.2, 0) is 0 Å². The summed E-state index contributed by atoms with van der Waals surface area (Å²) in [4.78, 5) is 17.1. The van der Waals surface area contributed by atoms with E-state index in [1.54, 1.807) is 6.21 Å². The van der Waals surface area contributed by atoms with E-state index < -0.39 is 4.92 Å². The topological polar surface area (TPSA) is 96.2 Å². The number of aromatic amines is 1. The Balaban J connectivity index is 1.73. The van der Waals surface area contributed by atoms with Gasteiger partial charge in [-0.1, -0.05) is 18.2 Å². The summed E-state index contributed by atoms with van der Waals surface area (Å²) in [5, 5.41) is 15.7. The van der Waals surface area contributed by atoms with E-state index in [1.807, 2.05) is 30.5 Å². The van der Waals surface area contributed by atoms with Gasteiger partial charge in [-0.2, -0.15) is 5.10 Å². The van der Waals surface area contributed by atoms with Crippen LogP contribution in [0.5, 0.6) is 0 Å². The monoisotopic (exact) mass is 281 g/mol. The number of nitrogens with one attached hydrogen (secondary N) is 2. The molecule has 104 valence electrons. The van der Waals surface area contributed by atoms with E-state index in [0.717, 1.165) is 16.5 Å². The van der Waals surface area contributed by atoms with Crippen LogP contribution in [-0.4, -0.2) is 21.1 Å². The predicted molar refractivity (Wildman–Crippen MR) is 80.4 cm³/mol. The van der Waals surface area contributed by atoms with Crippen molar-refractivity contribution in [2.45, 2.75) is 0 Å². The molecule has 0 aliphatic heterocycles. The molecular formula is C14H11N5O2. The van der Waals surface area contributed by atoms with Gasteiger partial charge in [-0.3, -0.25) is 15.5 Å². The van der Waals surface area contributed by atoms with Crippen LogP contribution in [0.1, 0.15) is 5.56 Å². The quantitative estimate of drug-likeness (QED) is 0.436. The van der Waals surface area contributed by atoms with Crippen LogP contribution in [0.3, 0.4) is 0 Å². The molecule has 0 amide bonds. The molecule has 2 aromatic heterocycles. The number of nitro groups is 1. The lowest BCUT2D eigenvalue weighted by atomic mass is 10.2. The van der Waals surface area contributed by atoms with Crippen molar-refractivity contribution >= 4 is 28.6 Å². The van der Waals surface area contributed by atoms with Crippen LogP contribution < -0.4 is 5.43 Å². The molecule has 0 aliphatic carbocycles. The molecule has 3 aromatic rings. The van der Waals surface area contributed by atoms with Crippen LogP contribution in [0.4, 0.5) is 11.5 Å². The average Bonchev–Trinajstić information content (AvgIpc) is 2.91. The van der Waals surface area contributed by atoms with E-state index in [4.69, 9.17) is 0 Å². The second-order valence-corrected chi connectivity index (χ2v) is 4.32. The highest BCUT2D eigenvalue weighted by Gasteiger charge is 2.04. The highest BCUT2D eigenvalue weighted by molar-refractivity contribution is 5.99. The largest absolute Gasteiger partial charge is 0.361 e. The third kappa shape index (κ3) is 2.71. The summed E-state index contributed by atoms with van der Waals surface area (Å²) in [6.07, 6.45) is 4.71. The van der Waals surface area contributed by atoms with Crippen LogP contribution >= 0.6 is 0 Å². The van der Waals surface area contributed by atoms with Crippen molar-refractivity contribution in [1.29, 1.82) is 0 Å². The van der Waals surface area contributed by atoms with Gasteiger partial charge in [0.05, 0.1) is 11.1 Å². The zero-order chi connectivity index (χ0) is 14.7. The first-order valence-corrected chi connectivity index (χ1v) is 6.20. The number of rotatable bonds is 4. The molecular weight excluding hydrogens is 270 g/mol. The minimum absolute atomic E-state index is 0.0545. The SMILES string of the molecule is O=[N+]([O-])c1ccc(N/N=C/c2c[nH]c3ccccc23)nc1. The van der Waals surface area contributed by atoms with Crippen molar-refractivity contribution in [1.82, 2.24) is 9.97 Å². The minimum Gasteiger partial charge on any atom is -0.361 e. The zero-order valence-electron chi connectivity index (χ0n) is 10.9. The highest BCUT2D eigenvalue weighted by atomic mass is 16.6. The Morgan fingerprint density at radius 2 is 2.14 bits per heavy atom. The van der Waals surface area contributed by atoms with Gasteiger partial charge in [0.15, 0.2) is 0 Å². The summed E-state index contributed by atoms with van der Waals surface area (Å²) in [5.74, 6) is 0.441. The Labute approximate surface area is 119 Å². The lowest BCUT2D eigenvalue weighted by molar-refractivity contribution is -0.385. The number of anilines is 1. The normalized spacial score (nSPS) is 11.0. The molecule has 7 heteroatoms. The first kappa shape index (κ1) is 12.8. The molecule has 0 atom stereocenters. The molecule has 2 heterocycles. The molecule has 21 heavy (non-hydrogen) atoms. The maximum atomic E-state index is 10.5. The van der Waals surface area contributed by atoms with Crippen molar-refractivity contribution in [2.75, 3.05) is 5.43 Å². The number of benzene rings is 1. The van der Waals surface area contributed by atoms with Crippen molar-refractivity contribution in [3.63, 3.8) is 0 Å². The second-order valence-electron chi connectivity index (χ2n) is 4.32. The number of nitrogens with zero attached hydrogens (tertiary/aromatic N) is 3. The van der Waals surface area contributed by atoms with E-state index in [1.165, 1.54) is 18.3 Å². The number of fused-ring (bicyclic) bond motifs is 1. The van der Waals surface area contributed by atoms with E-state index >= 15 is 0 Å². The number of pyridine rings is 1. The van der Waals surface area contributed by atoms with Gasteiger partial charge in [-0.05, 0) is 12.1 Å². The summed E-state index contributed by atoms with van der Waals surface area (Å²) in [7, 11) is 0. The number of aromatic nitrogens is 2. The van der Waals surface area contributed by atoms with E-state index in [9.17, 15) is 10.1 Å². The van der Waals surface area contributed by atoms with Crippen LogP contribution in [0.25, 0.3) is 10.9 Å². The number of hydrogen-bond donors (Lipinski definition) is 2. The molecule has 0 bridgehead atoms. The molecule has 0 saturated carbocycles. The van der Waals surface area contributed by atoms with Gasteiger partial charge in [0, 0.05) is 28.7 Å². The maximum Gasteiger partial charge on any atom is 0.287 e. The summed E-state index contributed by atoms with van der Waals surface area (Å²) >= 11 is 0. The summed E-state index contributed by atoms with van der Waals surface area (Å²) < 4.78 is 0. The van der Waals surface area contributed by atoms with Gasteiger partial charge in [0.1, 0.15) is 12.0 Å². The Morgan fingerprint density at radius 3 is 2.90 bits per heavy atom. The summed E-state index contributed by atoms with van der Waals surface area (Å²) in [6, 6.07) is 10.8. The van der Waals surface area contributed by atoms with Crippen LogP contribution in [0.15, 0.2) is 53.9 Å². The van der Waals surface area contributed by atoms with Gasteiger partial charge >= 0.3 is 0 Å². The van der Waals surface area contributed by atoms with Crippen molar-refractivity contribution in [3.8, 4) is 0 Å². The maximum absolute atomic E-state index is 10.5. The number of hydrazone groups is 1. The highest BCUT2D eigenvalue weighted by Crippen LogP contribution is 2.16. The van der Waals surface area contributed by atoms with Crippen LogP contribution in [0, 0.1) is 10.1 Å². The molecule has 0 radical (unpaired) electrons. The molecule has 1 aromatic carbocycles. The Hall–Kier alpha value is -3.22. The van der Waals surface area contributed by atoms with Gasteiger partial charge in [-0.15, -0.1) is 0 Å². The third-order valence-corrected chi connectivity index (χ3v) is 2.96. The fourth-order valence-corrected chi connectivity index (χ4v) is 1.93. The smallest absolute Gasteiger partial charge is 0.287 e. The Morgan fingerprint density at radius 1 is 1.29 bits per heavy atom. The predicted octanol–water partition coefficient (Wildman–Crippen LogP) is 2.92. The number of H-pyrrole nitrogens is 1. The van der Waals surface area contributed by atoms with Gasteiger partial charge in [0.25, 0.3) is 5.69 Å². The van der Waals surface area contributed by atoms with Crippen LogP contribution in [0.2, 0.25) is 0 Å². The molecule has 7 nitrogen and oxygen atoms in total. The van der Waals surface area contributed by atoms with Gasteiger partial charge in [-0.25, -0.2) is 4.98 Å². The van der Waals surface area contributed by atoms with E-state index in [2.05, 4.69) is 20.5 Å². The molecule has 0 saturated heterocycles. The number of hydrogen-bond acceptors (Lipinski definition) is 5. The van der Waals surface area contributed by atoms with Gasteiger partial charge < -0.3 is 4.98 Å².